The number of hydrogen-bond donors (Lipinski definition) is 1. The van der Waals surface area contributed by atoms with Crippen molar-refractivity contribution in [2.75, 3.05) is 20.2 Å². The van der Waals surface area contributed by atoms with Crippen molar-refractivity contribution in [2.24, 2.45) is 0 Å². The Hall–Kier alpha value is -1.26. The van der Waals surface area contributed by atoms with Gasteiger partial charge in [0.05, 0.1) is 13.7 Å². The Morgan fingerprint density at radius 2 is 2.12 bits per heavy atom. The summed E-state index contributed by atoms with van der Waals surface area (Å²) < 4.78 is 17.4. The molecule has 1 aromatic carbocycles. The monoisotopic (exact) mass is 235 g/mol. The summed E-state index contributed by atoms with van der Waals surface area (Å²) in [6, 6.07) is 5.91. The third-order valence-corrected chi connectivity index (χ3v) is 3.42. The minimum Gasteiger partial charge on any atom is -0.493 e. The molecule has 17 heavy (non-hydrogen) atoms. The minimum absolute atomic E-state index is 0.452. The number of piperidine rings is 1. The van der Waals surface area contributed by atoms with E-state index in [0.717, 1.165) is 43.0 Å². The highest BCUT2D eigenvalue weighted by molar-refractivity contribution is 5.47. The molecule has 1 aromatic rings. The second-order valence-corrected chi connectivity index (χ2v) is 4.50. The van der Waals surface area contributed by atoms with Crippen LogP contribution in [-0.2, 0) is 11.3 Å². The zero-order chi connectivity index (χ0) is 11.7. The number of nitrogens with one attached hydrogen (secondary N) is 1. The van der Waals surface area contributed by atoms with Crippen molar-refractivity contribution in [1.82, 2.24) is 5.32 Å². The van der Waals surface area contributed by atoms with Gasteiger partial charge in [-0.05, 0) is 6.07 Å². The molecule has 0 radical (unpaired) electrons. The maximum absolute atomic E-state index is 6.10. The molecule has 3 rings (SSSR count). The molecular weight excluding hydrogens is 218 g/mol. The van der Waals surface area contributed by atoms with Gasteiger partial charge in [-0.3, -0.25) is 0 Å². The molecule has 92 valence electrons. The fourth-order valence-electron chi connectivity index (χ4n) is 2.43. The quantitative estimate of drug-likeness (QED) is 0.804. The van der Waals surface area contributed by atoms with Crippen molar-refractivity contribution in [3.8, 4) is 11.5 Å². The largest absolute Gasteiger partial charge is 0.493 e. The summed E-state index contributed by atoms with van der Waals surface area (Å²) in [5.74, 6) is 1.19. The van der Waals surface area contributed by atoms with Crippen molar-refractivity contribution in [3.05, 3.63) is 23.8 Å². The van der Waals surface area contributed by atoms with Crippen LogP contribution in [0.3, 0.4) is 0 Å². The van der Waals surface area contributed by atoms with Crippen LogP contribution in [0.2, 0.25) is 0 Å². The van der Waals surface area contributed by atoms with Gasteiger partial charge in [-0.1, -0.05) is 12.1 Å². The second kappa shape index (κ2) is 4.20. The first-order chi connectivity index (χ1) is 8.33. The van der Waals surface area contributed by atoms with Crippen LogP contribution in [-0.4, -0.2) is 26.0 Å². The molecular formula is C13H17NO3. The molecule has 1 saturated heterocycles. The summed E-state index contributed by atoms with van der Waals surface area (Å²) in [7, 11) is 1.67. The first kappa shape index (κ1) is 10.9. The highest BCUT2D eigenvalue weighted by Crippen LogP contribution is 2.41. The molecule has 1 N–H and O–H groups in total. The van der Waals surface area contributed by atoms with E-state index in [2.05, 4.69) is 5.32 Å². The van der Waals surface area contributed by atoms with E-state index >= 15 is 0 Å². The van der Waals surface area contributed by atoms with E-state index in [4.69, 9.17) is 14.2 Å². The van der Waals surface area contributed by atoms with E-state index in [1.807, 2.05) is 18.2 Å². The first-order valence-corrected chi connectivity index (χ1v) is 6.03. The van der Waals surface area contributed by atoms with Crippen LogP contribution in [0, 0.1) is 0 Å². The van der Waals surface area contributed by atoms with Gasteiger partial charge in [-0.2, -0.15) is 0 Å². The van der Waals surface area contributed by atoms with E-state index in [9.17, 15) is 0 Å². The van der Waals surface area contributed by atoms with E-state index in [1.165, 1.54) is 0 Å². The number of hydrogen-bond acceptors (Lipinski definition) is 4. The van der Waals surface area contributed by atoms with Crippen molar-refractivity contribution >= 4 is 0 Å². The third-order valence-electron chi connectivity index (χ3n) is 3.42. The summed E-state index contributed by atoms with van der Waals surface area (Å²) >= 11 is 0. The van der Waals surface area contributed by atoms with Crippen LogP contribution in [0.4, 0.5) is 0 Å². The standard InChI is InChI=1S/C13H17NO3/c1-15-11-4-2-3-10-9-16-13(17-12(10)11)5-7-14-8-6-13/h2-4,14H,5-9H2,1H3. The highest BCUT2D eigenvalue weighted by atomic mass is 16.7. The summed E-state index contributed by atoms with van der Waals surface area (Å²) in [6.45, 7) is 2.47. The van der Waals surface area contributed by atoms with Crippen molar-refractivity contribution < 1.29 is 14.2 Å². The second-order valence-electron chi connectivity index (χ2n) is 4.50. The van der Waals surface area contributed by atoms with Gasteiger partial charge >= 0.3 is 0 Å². The number of fused-ring (bicyclic) bond motifs is 1. The molecule has 2 aliphatic rings. The molecule has 0 unspecified atom stereocenters. The fraction of sp³-hybridized carbons (Fsp3) is 0.538. The average molecular weight is 235 g/mol. The van der Waals surface area contributed by atoms with Crippen molar-refractivity contribution in [3.63, 3.8) is 0 Å². The van der Waals surface area contributed by atoms with Gasteiger partial charge in [0.1, 0.15) is 0 Å². The van der Waals surface area contributed by atoms with Gasteiger partial charge in [0.25, 0.3) is 0 Å². The van der Waals surface area contributed by atoms with Gasteiger partial charge in [-0.25, -0.2) is 0 Å². The van der Waals surface area contributed by atoms with Gasteiger partial charge < -0.3 is 19.5 Å². The molecule has 0 bridgehead atoms. The SMILES string of the molecule is COc1cccc2c1OC1(CCNCC1)OC2. The lowest BCUT2D eigenvalue weighted by atomic mass is 10.0. The lowest BCUT2D eigenvalue weighted by Crippen LogP contribution is -2.49. The van der Waals surface area contributed by atoms with Gasteiger partial charge in [0.15, 0.2) is 11.5 Å². The Kier molecular flexibility index (Phi) is 2.68. The van der Waals surface area contributed by atoms with E-state index in [0.29, 0.717) is 6.61 Å². The first-order valence-electron chi connectivity index (χ1n) is 6.03. The Morgan fingerprint density at radius 3 is 2.88 bits per heavy atom. The Bertz CT molecular complexity index is 399. The molecule has 0 amide bonds. The highest BCUT2D eigenvalue weighted by Gasteiger charge is 2.39. The minimum atomic E-state index is -0.452. The molecule has 0 aliphatic carbocycles. The third kappa shape index (κ3) is 1.87. The molecule has 2 heterocycles. The maximum atomic E-state index is 6.10. The molecule has 0 atom stereocenters. The van der Waals surface area contributed by atoms with Crippen LogP contribution in [0.1, 0.15) is 18.4 Å². The van der Waals surface area contributed by atoms with Crippen molar-refractivity contribution in [2.45, 2.75) is 25.2 Å². The summed E-state index contributed by atoms with van der Waals surface area (Å²) in [5.41, 5.74) is 1.06. The van der Waals surface area contributed by atoms with Crippen LogP contribution in [0.5, 0.6) is 11.5 Å². The average Bonchev–Trinajstić information content (AvgIpc) is 2.39. The van der Waals surface area contributed by atoms with Crippen LogP contribution in [0.25, 0.3) is 0 Å². The van der Waals surface area contributed by atoms with E-state index in [1.54, 1.807) is 7.11 Å². The molecule has 1 fully saturated rings. The normalized spacial score (nSPS) is 21.7. The van der Waals surface area contributed by atoms with E-state index in [-0.39, 0.29) is 0 Å². The number of ether oxygens (including phenoxy) is 3. The number of benzene rings is 1. The molecule has 2 aliphatic heterocycles. The lowest BCUT2D eigenvalue weighted by molar-refractivity contribution is -0.219. The van der Waals surface area contributed by atoms with Crippen LogP contribution >= 0.6 is 0 Å². The Labute approximate surface area is 101 Å². The Balaban J connectivity index is 1.93. The number of rotatable bonds is 1. The smallest absolute Gasteiger partial charge is 0.213 e. The zero-order valence-corrected chi connectivity index (χ0v) is 9.99. The van der Waals surface area contributed by atoms with Gasteiger partial charge in [0.2, 0.25) is 5.79 Å². The molecule has 4 heteroatoms. The molecule has 0 saturated carbocycles. The van der Waals surface area contributed by atoms with E-state index < -0.39 is 5.79 Å². The van der Waals surface area contributed by atoms with Gasteiger partial charge in [0, 0.05) is 31.5 Å². The molecule has 0 aromatic heterocycles. The fourth-order valence-corrected chi connectivity index (χ4v) is 2.43. The summed E-state index contributed by atoms with van der Waals surface area (Å²) in [5, 5.41) is 3.32. The summed E-state index contributed by atoms with van der Waals surface area (Å²) in [4.78, 5) is 0. The summed E-state index contributed by atoms with van der Waals surface area (Å²) in [6.07, 6.45) is 1.76. The number of methoxy groups -OCH3 is 1. The molecule has 4 nitrogen and oxygen atoms in total. The number of para-hydroxylation sites is 1. The van der Waals surface area contributed by atoms with Gasteiger partial charge in [-0.15, -0.1) is 0 Å². The maximum Gasteiger partial charge on any atom is 0.213 e. The molecule has 1 spiro atoms. The Morgan fingerprint density at radius 1 is 1.29 bits per heavy atom. The zero-order valence-electron chi connectivity index (χ0n) is 9.99. The lowest BCUT2D eigenvalue weighted by Gasteiger charge is -2.41. The van der Waals surface area contributed by atoms with Crippen LogP contribution < -0.4 is 14.8 Å². The predicted octanol–water partition coefficient (Wildman–Crippen LogP) is 1.68. The van der Waals surface area contributed by atoms with Crippen LogP contribution in [0.15, 0.2) is 18.2 Å². The predicted molar refractivity (Wildman–Crippen MR) is 63.2 cm³/mol. The topological polar surface area (TPSA) is 39.7 Å². The van der Waals surface area contributed by atoms with Crippen molar-refractivity contribution in [1.29, 1.82) is 0 Å².